The first-order valence-electron chi connectivity index (χ1n) is 6.50. The highest BCUT2D eigenvalue weighted by atomic mass is 16.4. The Bertz CT molecular complexity index is 781. The van der Waals surface area contributed by atoms with Crippen LogP contribution in [0.1, 0.15) is 21.5 Å². The fourth-order valence-corrected chi connectivity index (χ4v) is 2.42. The number of aromatic nitrogens is 2. The molecule has 0 saturated carbocycles. The molecule has 0 unspecified atom stereocenters. The standard InChI is InChI=1S/C16H14N2O3/c1-10-6-11(2)8-12(7-10)18-15(14-4-3-5-21-14)13(9-17-18)16(19)20/h3-9H,1-2H3,(H,19,20). The van der Waals surface area contributed by atoms with Gasteiger partial charge in [0, 0.05) is 0 Å². The maximum Gasteiger partial charge on any atom is 0.339 e. The van der Waals surface area contributed by atoms with Gasteiger partial charge < -0.3 is 9.52 Å². The number of carboxylic acids is 1. The summed E-state index contributed by atoms with van der Waals surface area (Å²) < 4.78 is 6.97. The third-order valence-electron chi connectivity index (χ3n) is 3.21. The van der Waals surface area contributed by atoms with Crippen LogP contribution in [-0.4, -0.2) is 20.9 Å². The minimum Gasteiger partial charge on any atom is -0.478 e. The molecule has 0 atom stereocenters. The SMILES string of the molecule is Cc1cc(C)cc(-n2ncc(C(=O)O)c2-c2ccco2)c1. The molecule has 21 heavy (non-hydrogen) atoms. The van der Waals surface area contributed by atoms with Crippen molar-refractivity contribution in [3.63, 3.8) is 0 Å². The van der Waals surface area contributed by atoms with Crippen LogP contribution in [-0.2, 0) is 0 Å². The predicted molar refractivity (Wildman–Crippen MR) is 77.7 cm³/mol. The van der Waals surface area contributed by atoms with Crippen LogP contribution >= 0.6 is 0 Å². The number of hydrogen-bond acceptors (Lipinski definition) is 3. The fraction of sp³-hybridized carbons (Fsp3) is 0.125. The van der Waals surface area contributed by atoms with Gasteiger partial charge in [-0.2, -0.15) is 5.10 Å². The van der Waals surface area contributed by atoms with Crippen molar-refractivity contribution in [1.82, 2.24) is 9.78 Å². The average molecular weight is 282 g/mol. The topological polar surface area (TPSA) is 68.3 Å². The zero-order chi connectivity index (χ0) is 15.0. The Morgan fingerprint density at radius 2 is 1.95 bits per heavy atom. The Labute approximate surface area is 121 Å². The minimum atomic E-state index is -1.03. The lowest BCUT2D eigenvalue weighted by molar-refractivity contribution is 0.0697. The average Bonchev–Trinajstić information content (AvgIpc) is 3.06. The summed E-state index contributed by atoms with van der Waals surface area (Å²) in [4.78, 5) is 11.4. The van der Waals surface area contributed by atoms with E-state index >= 15 is 0 Å². The molecule has 2 heterocycles. The number of benzene rings is 1. The van der Waals surface area contributed by atoms with Gasteiger partial charge in [-0.25, -0.2) is 9.48 Å². The molecule has 2 aromatic heterocycles. The Kier molecular flexibility index (Phi) is 3.10. The summed E-state index contributed by atoms with van der Waals surface area (Å²) in [7, 11) is 0. The van der Waals surface area contributed by atoms with Crippen molar-refractivity contribution in [1.29, 1.82) is 0 Å². The van der Waals surface area contributed by atoms with Gasteiger partial charge in [0.1, 0.15) is 11.3 Å². The van der Waals surface area contributed by atoms with Crippen molar-refractivity contribution in [2.24, 2.45) is 0 Å². The molecule has 0 amide bonds. The van der Waals surface area contributed by atoms with Gasteiger partial charge in [-0.05, 0) is 49.2 Å². The summed E-state index contributed by atoms with van der Waals surface area (Å²) in [6.07, 6.45) is 2.86. The zero-order valence-electron chi connectivity index (χ0n) is 11.7. The molecule has 0 aliphatic carbocycles. The molecule has 1 aromatic carbocycles. The second-order valence-corrected chi connectivity index (χ2v) is 4.95. The number of rotatable bonds is 3. The molecule has 106 valence electrons. The van der Waals surface area contributed by atoms with E-state index in [-0.39, 0.29) is 5.56 Å². The van der Waals surface area contributed by atoms with Crippen LogP contribution in [0.2, 0.25) is 0 Å². The van der Waals surface area contributed by atoms with Gasteiger partial charge in [-0.1, -0.05) is 6.07 Å². The number of carbonyl (C=O) groups is 1. The maximum atomic E-state index is 11.4. The molecule has 0 spiro atoms. The highest BCUT2D eigenvalue weighted by molar-refractivity contribution is 5.94. The van der Waals surface area contributed by atoms with Crippen LogP contribution in [0, 0.1) is 13.8 Å². The van der Waals surface area contributed by atoms with Crippen LogP contribution in [0.25, 0.3) is 17.1 Å². The van der Waals surface area contributed by atoms with Gasteiger partial charge in [0.25, 0.3) is 0 Å². The van der Waals surface area contributed by atoms with E-state index in [0.29, 0.717) is 11.5 Å². The Morgan fingerprint density at radius 1 is 1.24 bits per heavy atom. The number of aromatic carboxylic acids is 1. The number of aryl methyl sites for hydroxylation is 2. The van der Waals surface area contributed by atoms with Crippen LogP contribution in [0.4, 0.5) is 0 Å². The normalized spacial score (nSPS) is 10.8. The van der Waals surface area contributed by atoms with E-state index in [2.05, 4.69) is 11.2 Å². The Hall–Kier alpha value is -2.82. The lowest BCUT2D eigenvalue weighted by Crippen LogP contribution is -2.03. The molecule has 1 N–H and O–H groups in total. The van der Waals surface area contributed by atoms with E-state index in [0.717, 1.165) is 16.8 Å². The van der Waals surface area contributed by atoms with Gasteiger partial charge >= 0.3 is 5.97 Å². The summed E-state index contributed by atoms with van der Waals surface area (Å²) in [5.41, 5.74) is 3.54. The zero-order valence-corrected chi connectivity index (χ0v) is 11.7. The van der Waals surface area contributed by atoms with Crippen molar-refractivity contribution < 1.29 is 14.3 Å². The van der Waals surface area contributed by atoms with Gasteiger partial charge in [0.05, 0.1) is 18.1 Å². The number of carboxylic acid groups (broad SMARTS) is 1. The van der Waals surface area contributed by atoms with Crippen molar-refractivity contribution in [2.75, 3.05) is 0 Å². The van der Waals surface area contributed by atoms with Crippen molar-refractivity contribution in [3.8, 4) is 17.1 Å². The molecule has 0 bridgehead atoms. The van der Waals surface area contributed by atoms with Crippen molar-refractivity contribution in [2.45, 2.75) is 13.8 Å². The number of furan rings is 1. The first-order chi connectivity index (χ1) is 10.1. The Morgan fingerprint density at radius 3 is 2.52 bits per heavy atom. The largest absolute Gasteiger partial charge is 0.478 e. The predicted octanol–water partition coefficient (Wildman–Crippen LogP) is 3.45. The highest BCUT2D eigenvalue weighted by Crippen LogP contribution is 2.27. The molecule has 0 aliphatic rings. The first-order valence-corrected chi connectivity index (χ1v) is 6.50. The molecule has 0 saturated heterocycles. The third-order valence-corrected chi connectivity index (χ3v) is 3.21. The Balaban J connectivity index is 2.26. The van der Waals surface area contributed by atoms with Crippen LogP contribution < -0.4 is 0 Å². The van der Waals surface area contributed by atoms with Crippen LogP contribution in [0.5, 0.6) is 0 Å². The fourth-order valence-electron chi connectivity index (χ4n) is 2.42. The van der Waals surface area contributed by atoms with Gasteiger partial charge in [-0.15, -0.1) is 0 Å². The van der Waals surface area contributed by atoms with E-state index in [1.54, 1.807) is 16.8 Å². The molecule has 0 radical (unpaired) electrons. The summed E-state index contributed by atoms with van der Waals surface area (Å²) in [6, 6.07) is 9.41. The molecule has 5 heteroatoms. The smallest absolute Gasteiger partial charge is 0.339 e. The minimum absolute atomic E-state index is 0.115. The molecule has 0 aliphatic heterocycles. The summed E-state index contributed by atoms with van der Waals surface area (Å²) >= 11 is 0. The molecule has 3 aromatic rings. The van der Waals surface area contributed by atoms with Gasteiger partial charge in [0.2, 0.25) is 0 Å². The summed E-state index contributed by atoms with van der Waals surface area (Å²) in [6.45, 7) is 3.98. The number of hydrogen-bond donors (Lipinski definition) is 1. The lowest BCUT2D eigenvalue weighted by atomic mass is 10.1. The third kappa shape index (κ3) is 2.33. The number of nitrogens with zero attached hydrogens (tertiary/aromatic N) is 2. The monoisotopic (exact) mass is 282 g/mol. The van der Waals surface area contributed by atoms with Crippen molar-refractivity contribution in [3.05, 3.63) is 59.5 Å². The summed E-state index contributed by atoms with van der Waals surface area (Å²) in [5.74, 6) is -0.555. The second kappa shape index (κ2) is 4.94. The van der Waals surface area contributed by atoms with E-state index in [9.17, 15) is 9.90 Å². The maximum absolute atomic E-state index is 11.4. The molecule has 5 nitrogen and oxygen atoms in total. The van der Waals surface area contributed by atoms with E-state index < -0.39 is 5.97 Å². The van der Waals surface area contributed by atoms with Crippen LogP contribution in [0.3, 0.4) is 0 Å². The molecule has 0 fully saturated rings. The molecular weight excluding hydrogens is 268 g/mol. The quantitative estimate of drug-likeness (QED) is 0.799. The highest BCUT2D eigenvalue weighted by Gasteiger charge is 2.21. The first kappa shape index (κ1) is 13.2. The molecule has 3 rings (SSSR count). The summed E-state index contributed by atoms with van der Waals surface area (Å²) in [5, 5.41) is 13.6. The van der Waals surface area contributed by atoms with Crippen LogP contribution in [0.15, 0.2) is 47.2 Å². The van der Waals surface area contributed by atoms with E-state index in [1.807, 2.05) is 26.0 Å². The second-order valence-electron chi connectivity index (χ2n) is 4.95. The molecular formula is C16H14N2O3. The lowest BCUT2D eigenvalue weighted by Gasteiger charge is -2.09. The van der Waals surface area contributed by atoms with E-state index in [1.165, 1.54) is 12.5 Å². The van der Waals surface area contributed by atoms with Crippen molar-refractivity contribution >= 4 is 5.97 Å². The van der Waals surface area contributed by atoms with E-state index in [4.69, 9.17) is 4.42 Å². The van der Waals surface area contributed by atoms with Gasteiger partial charge in [0.15, 0.2) is 5.76 Å². The van der Waals surface area contributed by atoms with Gasteiger partial charge in [-0.3, -0.25) is 0 Å².